The summed E-state index contributed by atoms with van der Waals surface area (Å²) in [5.74, 6) is -0.715. The Morgan fingerprint density at radius 3 is 2.00 bits per heavy atom. The molecule has 3 unspecified atom stereocenters. The maximum absolute atomic E-state index is 12.7. The molecule has 0 radical (unpaired) electrons. The van der Waals surface area contributed by atoms with Gasteiger partial charge in [0.25, 0.3) is 0 Å². The van der Waals surface area contributed by atoms with Gasteiger partial charge in [-0.15, -0.1) is 0 Å². The zero-order valence-electron chi connectivity index (χ0n) is 22.9. The van der Waals surface area contributed by atoms with Gasteiger partial charge in [-0.1, -0.05) is 19.8 Å². The van der Waals surface area contributed by atoms with Crippen molar-refractivity contribution < 1.29 is 21.9 Å². The van der Waals surface area contributed by atoms with Gasteiger partial charge in [-0.3, -0.25) is 9.59 Å². The van der Waals surface area contributed by atoms with E-state index >= 15 is 0 Å². The van der Waals surface area contributed by atoms with Crippen molar-refractivity contribution in [3.05, 3.63) is 0 Å². The largest absolute Gasteiger partial charge is 0.439 e. The first-order valence-corrected chi connectivity index (χ1v) is 24.0. The van der Waals surface area contributed by atoms with E-state index < -0.39 is 40.4 Å². The number of nitrogens with one attached hydrogen (secondary N) is 2. The molecule has 202 valence electrons. The molecule has 0 rings (SSSR count). The Bertz CT molecular complexity index is 612. The Balaban J connectivity index is 5.42. The Hall–Kier alpha value is -0.392. The molecule has 0 saturated heterocycles. The second-order valence-corrected chi connectivity index (χ2v) is 24.9. The summed E-state index contributed by atoms with van der Waals surface area (Å²) < 4.78 is 20.1. The van der Waals surface area contributed by atoms with Crippen molar-refractivity contribution in [3.8, 4) is 0 Å². The number of hydrogen-bond acceptors (Lipinski definition) is 7. The lowest BCUT2D eigenvalue weighted by molar-refractivity contribution is -0.130. The molecular formula is C21H52N4O5Si4. The predicted molar refractivity (Wildman–Crippen MR) is 150 cm³/mol. The summed E-state index contributed by atoms with van der Waals surface area (Å²) in [7, 11) is -8.04. The highest BCUT2D eigenvalue weighted by atomic mass is 28.5. The minimum Gasteiger partial charge on any atom is -0.439 e. The Morgan fingerprint density at radius 2 is 1.50 bits per heavy atom. The summed E-state index contributed by atoms with van der Waals surface area (Å²) in [6.45, 7) is 19.0. The van der Waals surface area contributed by atoms with Crippen LogP contribution in [0, 0.1) is 5.92 Å². The molecule has 0 aliphatic rings. The van der Waals surface area contributed by atoms with Gasteiger partial charge in [0.1, 0.15) is 0 Å². The molecule has 0 aliphatic heterocycles. The smallest absolute Gasteiger partial charge is 0.315 e. The molecule has 0 aliphatic carbocycles. The van der Waals surface area contributed by atoms with Crippen LogP contribution in [0.15, 0.2) is 0 Å². The first kappa shape index (κ1) is 33.6. The number of nitrogens with two attached hydrogens (primary N) is 2. The molecule has 3 atom stereocenters. The summed E-state index contributed by atoms with van der Waals surface area (Å²) in [6.07, 6.45) is 2.48. The molecule has 0 aromatic carbocycles. The lowest BCUT2D eigenvalue weighted by atomic mass is 9.98. The van der Waals surface area contributed by atoms with Crippen molar-refractivity contribution >= 4 is 46.3 Å². The molecule has 0 bridgehead atoms. The number of rotatable bonds is 19. The molecule has 0 spiro atoms. The second-order valence-electron chi connectivity index (χ2n) is 10.5. The van der Waals surface area contributed by atoms with Crippen LogP contribution >= 0.6 is 0 Å². The van der Waals surface area contributed by atoms with Gasteiger partial charge in [0, 0.05) is 38.5 Å². The number of hydrogen-bond donors (Lipinski definition) is 4. The normalized spacial score (nSPS) is 16.6. The van der Waals surface area contributed by atoms with Crippen LogP contribution in [0.25, 0.3) is 0 Å². The third kappa shape index (κ3) is 15.6. The molecule has 0 fully saturated rings. The van der Waals surface area contributed by atoms with Crippen LogP contribution in [0.3, 0.4) is 0 Å². The maximum atomic E-state index is 12.7. The highest BCUT2D eigenvalue weighted by molar-refractivity contribution is 6.88. The van der Waals surface area contributed by atoms with E-state index in [2.05, 4.69) is 63.4 Å². The standard InChI is InChI=1S/C21H52N4O5Si4/c1-9-16-34(8,29-32(4,5)6)30-33(7,28-31(2)3)17-10-11-19(21(27)25-15-13-23)18-20(26)24-14-12-22/h19,31H,9-18,22-23H2,1-8H3,(H,24,26)(H,25,27). The summed E-state index contributed by atoms with van der Waals surface area (Å²) in [5, 5.41) is 5.60. The van der Waals surface area contributed by atoms with Crippen LogP contribution in [0.4, 0.5) is 0 Å². The van der Waals surface area contributed by atoms with Gasteiger partial charge in [0.05, 0.1) is 0 Å². The van der Waals surface area contributed by atoms with Crippen LogP contribution in [0.5, 0.6) is 0 Å². The fourth-order valence-corrected chi connectivity index (χ4v) is 21.6. The lowest BCUT2D eigenvalue weighted by Crippen LogP contribution is -2.56. The minimum atomic E-state index is -2.52. The number of carbonyl (C=O) groups is 2. The molecule has 0 aromatic heterocycles. The number of carbonyl (C=O) groups excluding carboxylic acids is 2. The van der Waals surface area contributed by atoms with Crippen molar-refractivity contribution in [3.63, 3.8) is 0 Å². The highest BCUT2D eigenvalue weighted by Crippen LogP contribution is 2.30. The van der Waals surface area contributed by atoms with Crippen LogP contribution in [-0.4, -0.2) is 72.5 Å². The van der Waals surface area contributed by atoms with Crippen LogP contribution in [-0.2, 0) is 21.9 Å². The summed E-state index contributed by atoms with van der Waals surface area (Å²) in [6, 6.07) is 1.71. The van der Waals surface area contributed by atoms with Crippen molar-refractivity contribution in [1.82, 2.24) is 10.6 Å². The van der Waals surface area contributed by atoms with E-state index in [1.165, 1.54) is 0 Å². The average Bonchev–Trinajstić information content (AvgIpc) is 2.67. The molecule has 0 saturated carbocycles. The zero-order chi connectivity index (χ0) is 26.4. The van der Waals surface area contributed by atoms with Crippen molar-refractivity contribution in [2.45, 2.75) is 90.5 Å². The fraction of sp³-hybridized carbons (Fsp3) is 0.905. The summed E-state index contributed by atoms with van der Waals surface area (Å²) >= 11 is 0. The molecular weight excluding hydrogens is 501 g/mol. The van der Waals surface area contributed by atoms with Crippen LogP contribution < -0.4 is 22.1 Å². The van der Waals surface area contributed by atoms with E-state index in [0.29, 0.717) is 32.6 Å². The van der Waals surface area contributed by atoms with E-state index in [4.69, 9.17) is 23.8 Å². The summed E-state index contributed by atoms with van der Waals surface area (Å²) in [4.78, 5) is 25.0. The fourth-order valence-electron chi connectivity index (χ4n) is 4.16. The van der Waals surface area contributed by atoms with Crippen LogP contribution in [0.2, 0.25) is 57.9 Å². The number of amides is 2. The third-order valence-electron chi connectivity index (χ3n) is 5.04. The topological polar surface area (TPSA) is 138 Å². The molecule has 13 heteroatoms. The predicted octanol–water partition coefficient (Wildman–Crippen LogP) is 2.34. The van der Waals surface area contributed by atoms with Gasteiger partial charge in [0.2, 0.25) is 11.8 Å². The van der Waals surface area contributed by atoms with Gasteiger partial charge in [0.15, 0.2) is 17.4 Å². The minimum absolute atomic E-state index is 0.135. The molecule has 2 amide bonds. The second kappa shape index (κ2) is 16.4. The highest BCUT2D eigenvalue weighted by Gasteiger charge is 2.45. The molecule has 0 aromatic rings. The third-order valence-corrected chi connectivity index (χ3v) is 19.2. The summed E-state index contributed by atoms with van der Waals surface area (Å²) in [5.41, 5.74) is 11.0. The quantitative estimate of drug-likeness (QED) is 0.180. The average molecular weight is 553 g/mol. The van der Waals surface area contributed by atoms with Gasteiger partial charge >= 0.3 is 17.1 Å². The van der Waals surface area contributed by atoms with Crippen molar-refractivity contribution in [2.75, 3.05) is 26.2 Å². The maximum Gasteiger partial charge on any atom is 0.315 e. The SMILES string of the molecule is CCC[Si](C)(O[Si](C)(C)C)O[Si](C)(CCCC(CC(=O)NCCN)C(=O)NCCN)O[SiH](C)C. The van der Waals surface area contributed by atoms with Crippen molar-refractivity contribution in [2.24, 2.45) is 17.4 Å². The first-order chi connectivity index (χ1) is 15.7. The molecule has 9 nitrogen and oxygen atoms in total. The van der Waals surface area contributed by atoms with Gasteiger partial charge in [-0.05, 0) is 64.3 Å². The van der Waals surface area contributed by atoms with Crippen LogP contribution in [0.1, 0.15) is 32.6 Å². The zero-order valence-corrected chi connectivity index (χ0v) is 27.1. The van der Waals surface area contributed by atoms with E-state index in [1.54, 1.807) is 0 Å². The van der Waals surface area contributed by atoms with E-state index in [-0.39, 0.29) is 18.2 Å². The Labute approximate surface area is 212 Å². The van der Waals surface area contributed by atoms with E-state index in [9.17, 15) is 9.59 Å². The van der Waals surface area contributed by atoms with Gasteiger partial charge < -0.3 is 34.4 Å². The molecule has 6 N–H and O–H groups in total. The van der Waals surface area contributed by atoms with Gasteiger partial charge in [-0.25, -0.2) is 0 Å². The monoisotopic (exact) mass is 552 g/mol. The lowest BCUT2D eigenvalue weighted by Gasteiger charge is -2.41. The molecule has 0 heterocycles. The van der Waals surface area contributed by atoms with Crippen molar-refractivity contribution in [1.29, 1.82) is 0 Å². The van der Waals surface area contributed by atoms with Gasteiger partial charge in [-0.2, -0.15) is 0 Å². The Kier molecular flexibility index (Phi) is 16.2. The first-order valence-electron chi connectivity index (χ1n) is 12.7. The van der Waals surface area contributed by atoms with E-state index in [0.717, 1.165) is 24.9 Å². The Morgan fingerprint density at radius 1 is 0.912 bits per heavy atom. The molecule has 34 heavy (non-hydrogen) atoms. The van der Waals surface area contributed by atoms with E-state index in [1.807, 2.05) is 0 Å².